The van der Waals surface area contributed by atoms with Gasteiger partial charge in [0.05, 0.1) is 10.8 Å². The lowest BCUT2D eigenvalue weighted by molar-refractivity contribution is -0.115. The second-order valence-electron chi connectivity index (χ2n) is 7.05. The molecule has 29 heavy (non-hydrogen) atoms. The van der Waals surface area contributed by atoms with Gasteiger partial charge in [0.2, 0.25) is 11.1 Å². The second kappa shape index (κ2) is 8.21. The number of thioether (sulfide) groups is 1. The number of carbonyl (C=O) groups excluding carboxylic acids is 1. The number of para-hydroxylation sites is 1. The molecule has 4 rings (SSSR count). The van der Waals surface area contributed by atoms with Crippen LogP contribution in [-0.4, -0.2) is 30.9 Å². The van der Waals surface area contributed by atoms with Gasteiger partial charge in [-0.2, -0.15) is 0 Å². The van der Waals surface area contributed by atoms with Crippen molar-refractivity contribution < 1.29 is 4.79 Å². The SMILES string of the molecule is CCCn1c2ccccc2c2nnc(SC(C)C(=O)Nc3cccc(C)c3)nc21. The van der Waals surface area contributed by atoms with E-state index in [4.69, 9.17) is 4.98 Å². The molecule has 2 aromatic heterocycles. The van der Waals surface area contributed by atoms with Gasteiger partial charge < -0.3 is 9.88 Å². The average Bonchev–Trinajstić information content (AvgIpc) is 3.02. The number of fused-ring (bicyclic) bond motifs is 3. The summed E-state index contributed by atoms with van der Waals surface area (Å²) in [4.78, 5) is 17.3. The lowest BCUT2D eigenvalue weighted by atomic mass is 10.2. The number of nitrogens with zero attached hydrogens (tertiary/aromatic N) is 4. The van der Waals surface area contributed by atoms with Crippen LogP contribution in [0.4, 0.5) is 5.69 Å². The molecule has 1 amide bonds. The maximum absolute atomic E-state index is 12.6. The van der Waals surface area contributed by atoms with Crippen molar-refractivity contribution in [3.8, 4) is 0 Å². The van der Waals surface area contributed by atoms with Crippen LogP contribution in [0, 0.1) is 6.92 Å². The molecular formula is C22H23N5OS. The summed E-state index contributed by atoms with van der Waals surface area (Å²) in [6.45, 7) is 6.85. The van der Waals surface area contributed by atoms with Crippen LogP contribution in [0.15, 0.2) is 53.7 Å². The molecule has 0 spiro atoms. The molecule has 2 aromatic carbocycles. The van der Waals surface area contributed by atoms with E-state index in [1.165, 1.54) is 11.8 Å². The normalized spacial score (nSPS) is 12.4. The summed E-state index contributed by atoms with van der Waals surface area (Å²) in [5.41, 5.74) is 4.62. The van der Waals surface area contributed by atoms with Crippen molar-refractivity contribution >= 4 is 45.4 Å². The Morgan fingerprint density at radius 2 is 2.00 bits per heavy atom. The Morgan fingerprint density at radius 3 is 2.79 bits per heavy atom. The van der Waals surface area contributed by atoms with Crippen LogP contribution in [0.1, 0.15) is 25.8 Å². The number of hydrogen-bond donors (Lipinski definition) is 1. The third-order valence-corrected chi connectivity index (χ3v) is 5.69. The molecule has 0 saturated heterocycles. The van der Waals surface area contributed by atoms with E-state index in [9.17, 15) is 4.79 Å². The number of carbonyl (C=O) groups is 1. The summed E-state index contributed by atoms with van der Waals surface area (Å²) in [5, 5.41) is 12.9. The molecule has 0 aliphatic carbocycles. The molecule has 0 bridgehead atoms. The van der Waals surface area contributed by atoms with Crippen molar-refractivity contribution in [1.82, 2.24) is 19.7 Å². The standard InChI is InChI=1S/C22H23N5OS/c1-4-12-27-18-11-6-5-10-17(18)19-20(27)24-22(26-25-19)29-15(3)21(28)23-16-9-7-8-14(2)13-16/h5-11,13,15H,4,12H2,1-3H3,(H,23,28). The lowest BCUT2D eigenvalue weighted by Gasteiger charge is -2.11. The summed E-state index contributed by atoms with van der Waals surface area (Å²) in [6.07, 6.45) is 0.996. The Labute approximate surface area is 173 Å². The summed E-state index contributed by atoms with van der Waals surface area (Å²) in [5.74, 6) is -0.0848. The molecular weight excluding hydrogens is 382 g/mol. The quantitative estimate of drug-likeness (QED) is 0.466. The third kappa shape index (κ3) is 3.96. The zero-order valence-electron chi connectivity index (χ0n) is 16.7. The molecule has 1 unspecified atom stereocenters. The van der Waals surface area contributed by atoms with Gasteiger partial charge in [-0.15, -0.1) is 10.2 Å². The first-order valence-corrected chi connectivity index (χ1v) is 10.6. The number of rotatable bonds is 6. The van der Waals surface area contributed by atoms with Crippen LogP contribution in [0.25, 0.3) is 22.1 Å². The first kappa shape index (κ1) is 19.4. The Hall–Kier alpha value is -2.93. The topological polar surface area (TPSA) is 72.7 Å². The van der Waals surface area contributed by atoms with E-state index in [0.29, 0.717) is 5.16 Å². The number of nitrogens with one attached hydrogen (secondary N) is 1. The minimum absolute atomic E-state index is 0.0848. The predicted molar refractivity (Wildman–Crippen MR) is 118 cm³/mol. The van der Waals surface area contributed by atoms with E-state index < -0.39 is 0 Å². The highest BCUT2D eigenvalue weighted by Gasteiger charge is 2.19. The largest absolute Gasteiger partial charge is 0.325 e. The smallest absolute Gasteiger partial charge is 0.237 e. The van der Waals surface area contributed by atoms with Gasteiger partial charge in [-0.25, -0.2) is 4.98 Å². The third-order valence-electron chi connectivity index (χ3n) is 4.74. The first-order valence-electron chi connectivity index (χ1n) is 9.72. The van der Waals surface area contributed by atoms with Crippen LogP contribution in [-0.2, 0) is 11.3 Å². The van der Waals surface area contributed by atoms with Crippen molar-refractivity contribution in [3.05, 3.63) is 54.1 Å². The molecule has 2 heterocycles. The molecule has 0 fully saturated rings. The van der Waals surface area contributed by atoms with Gasteiger partial charge in [0, 0.05) is 17.6 Å². The number of hydrogen-bond acceptors (Lipinski definition) is 5. The Morgan fingerprint density at radius 1 is 1.17 bits per heavy atom. The number of aryl methyl sites for hydroxylation is 2. The summed E-state index contributed by atoms with van der Waals surface area (Å²) < 4.78 is 2.18. The van der Waals surface area contributed by atoms with E-state index in [0.717, 1.165) is 46.3 Å². The number of amides is 1. The molecule has 0 saturated carbocycles. The molecule has 0 radical (unpaired) electrons. The molecule has 0 aliphatic rings. The minimum Gasteiger partial charge on any atom is -0.325 e. The van der Waals surface area contributed by atoms with Crippen LogP contribution < -0.4 is 5.32 Å². The fraction of sp³-hybridized carbons (Fsp3) is 0.273. The van der Waals surface area contributed by atoms with E-state index in [1.54, 1.807) is 0 Å². The van der Waals surface area contributed by atoms with Gasteiger partial charge in [0.1, 0.15) is 5.52 Å². The van der Waals surface area contributed by atoms with Crippen molar-refractivity contribution in [2.24, 2.45) is 0 Å². The van der Waals surface area contributed by atoms with Gasteiger partial charge in [-0.1, -0.05) is 49.0 Å². The van der Waals surface area contributed by atoms with Crippen molar-refractivity contribution in [1.29, 1.82) is 0 Å². The maximum Gasteiger partial charge on any atom is 0.237 e. The van der Waals surface area contributed by atoms with Gasteiger partial charge in [0.15, 0.2) is 5.65 Å². The predicted octanol–water partition coefficient (Wildman–Crippen LogP) is 4.82. The Bertz CT molecular complexity index is 1190. The highest BCUT2D eigenvalue weighted by atomic mass is 32.2. The van der Waals surface area contributed by atoms with Crippen molar-refractivity contribution in [2.45, 2.75) is 44.1 Å². The lowest BCUT2D eigenvalue weighted by Crippen LogP contribution is -2.22. The zero-order valence-corrected chi connectivity index (χ0v) is 17.5. The fourth-order valence-corrected chi connectivity index (χ4v) is 4.08. The zero-order chi connectivity index (χ0) is 20.4. The van der Waals surface area contributed by atoms with Crippen LogP contribution in [0.2, 0.25) is 0 Å². The number of benzene rings is 2. The van der Waals surface area contributed by atoms with Gasteiger partial charge in [0.25, 0.3) is 0 Å². The molecule has 148 valence electrons. The number of aromatic nitrogens is 4. The number of anilines is 1. The summed E-state index contributed by atoms with van der Waals surface area (Å²) >= 11 is 1.32. The highest BCUT2D eigenvalue weighted by molar-refractivity contribution is 8.00. The molecule has 1 atom stereocenters. The van der Waals surface area contributed by atoms with Crippen molar-refractivity contribution in [3.63, 3.8) is 0 Å². The molecule has 0 aliphatic heterocycles. The Kier molecular flexibility index (Phi) is 5.49. The van der Waals surface area contributed by atoms with Crippen LogP contribution in [0.5, 0.6) is 0 Å². The maximum atomic E-state index is 12.6. The van der Waals surface area contributed by atoms with E-state index in [2.05, 4.69) is 33.1 Å². The fourth-order valence-electron chi connectivity index (χ4n) is 3.37. The average molecular weight is 406 g/mol. The van der Waals surface area contributed by atoms with Gasteiger partial charge in [-0.3, -0.25) is 4.79 Å². The van der Waals surface area contributed by atoms with Crippen LogP contribution in [0.3, 0.4) is 0 Å². The first-order chi connectivity index (χ1) is 14.1. The second-order valence-corrected chi connectivity index (χ2v) is 8.36. The van der Waals surface area contributed by atoms with Gasteiger partial charge in [-0.05, 0) is 44.0 Å². The monoisotopic (exact) mass is 405 g/mol. The summed E-state index contributed by atoms with van der Waals surface area (Å²) in [7, 11) is 0. The summed E-state index contributed by atoms with van der Waals surface area (Å²) in [6, 6.07) is 15.9. The van der Waals surface area contributed by atoms with Crippen molar-refractivity contribution in [2.75, 3.05) is 5.32 Å². The molecule has 6 nitrogen and oxygen atoms in total. The Balaban J connectivity index is 1.60. The minimum atomic E-state index is -0.348. The van der Waals surface area contributed by atoms with E-state index in [-0.39, 0.29) is 11.2 Å². The molecule has 1 N–H and O–H groups in total. The van der Waals surface area contributed by atoms with Crippen LogP contribution >= 0.6 is 11.8 Å². The van der Waals surface area contributed by atoms with E-state index in [1.807, 2.05) is 56.3 Å². The molecule has 7 heteroatoms. The van der Waals surface area contributed by atoms with E-state index >= 15 is 0 Å². The van der Waals surface area contributed by atoms with Gasteiger partial charge >= 0.3 is 0 Å². The highest BCUT2D eigenvalue weighted by Crippen LogP contribution is 2.28. The molecule has 4 aromatic rings.